The van der Waals surface area contributed by atoms with Crippen molar-refractivity contribution in [2.45, 2.75) is 0 Å². The molecule has 0 bridgehead atoms. The normalized spacial score (nSPS) is 9.64. The summed E-state index contributed by atoms with van der Waals surface area (Å²) < 4.78 is 24.2. The number of para-hydroxylation sites is 1. The lowest BCUT2D eigenvalue weighted by Crippen LogP contribution is -1.92. The van der Waals surface area contributed by atoms with Crippen LogP contribution in [0.4, 0.5) is 14.5 Å². The van der Waals surface area contributed by atoms with Gasteiger partial charge in [-0.2, -0.15) is 8.78 Å². The highest BCUT2D eigenvalue weighted by Gasteiger charge is 2.18. The molecule has 1 aromatic carbocycles. The van der Waals surface area contributed by atoms with Crippen molar-refractivity contribution in [3.05, 3.63) is 46.0 Å². The highest BCUT2D eigenvalue weighted by Crippen LogP contribution is 2.31. The van der Waals surface area contributed by atoms with Gasteiger partial charge in [-0.25, -0.2) is 0 Å². The van der Waals surface area contributed by atoms with E-state index in [1.54, 1.807) is 0 Å². The van der Waals surface area contributed by atoms with Crippen LogP contribution >= 0.6 is 11.6 Å². The first kappa shape index (κ1) is 10.6. The fourth-order valence-electron chi connectivity index (χ4n) is 0.920. The Labute approximate surface area is 82.8 Å². The number of halogens is 3. The summed E-state index contributed by atoms with van der Waals surface area (Å²) in [7, 11) is 0. The fraction of sp³-hybridized carbons (Fsp3) is 0. The van der Waals surface area contributed by atoms with Crippen LogP contribution in [0, 0.1) is 10.1 Å². The van der Waals surface area contributed by atoms with Gasteiger partial charge in [0.05, 0.1) is 10.5 Å². The third-order valence-electron chi connectivity index (χ3n) is 1.50. The maximum Gasteiger partial charge on any atom is 0.289 e. The quantitative estimate of drug-likeness (QED) is 0.565. The number of benzene rings is 1. The molecule has 0 saturated heterocycles. The summed E-state index contributed by atoms with van der Waals surface area (Å²) in [5.41, 5.74) is -0.718. The number of nitro benzene ring substituents is 1. The van der Waals surface area contributed by atoms with Gasteiger partial charge in [0.1, 0.15) is 5.03 Å². The summed E-state index contributed by atoms with van der Waals surface area (Å²) >= 11 is 5.22. The molecule has 14 heavy (non-hydrogen) atoms. The molecule has 0 amide bonds. The molecule has 0 unspecified atom stereocenters. The predicted octanol–water partition coefficient (Wildman–Crippen LogP) is 3.40. The summed E-state index contributed by atoms with van der Waals surface area (Å²) in [6.45, 7) is 0. The molecule has 0 aliphatic carbocycles. The minimum Gasteiger partial charge on any atom is -0.258 e. The standard InChI is InChI=1S/C8H4ClF2NO2/c9-7(8(10)11)5-3-1-2-4-6(5)12(13)14/h1-4H. The molecule has 0 N–H and O–H groups in total. The third kappa shape index (κ3) is 2.05. The zero-order valence-corrected chi connectivity index (χ0v) is 7.46. The number of nitrogens with zero attached hydrogens (tertiary/aromatic N) is 1. The molecule has 6 heteroatoms. The molecule has 3 nitrogen and oxygen atoms in total. The Balaban J connectivity index is 3.35. The lowest BCUT2D eigenvalue weighted by Gasteiger charge is -1.99. The van der Waals surface area contributed by atoms with Gasteiger partial charge in [-0.1, -0.05) is 23.7 Å². The zero-order valence-electron chi connectivity index (χ0n) is 6.71. The SMILES string of the molecule is O=[N+]([O-])c1ccccc1C(Cl)=C(F)F. The van der Waals surface area contributed by atoms with Crippen LogP contribution in [0.3, 0.4) is 0 Å². The maximum absolute atomic E-state index is 12.1. The van der Waals surface area contributed by atoms with Crippen LogP contribution in [0.25, 0.3) is 5.03 Å². The first-order valence-corrected chi connectivity index (χ1v) is 3.86. The van der Waals surface area contributed by atoms with Gasteiger partial charge >= 0.3 is 0 Å². The Bertz CT molecular complexity index is 402. The summed E-state index contributed by atoms with van der Waals surface area (Å²) in [6.07, 6.45) is -2.14. The van der Waals surface area contributed by atoms with Crippen LogP contribution in [0.1, 0.15) is 5.56 Å². The molecule has 0 radical (unpaired) electrons. The van der Waals surface area contributed by atoms with Gasteiger partial charge in [-0.3, -0.25) is 10.1 Å². The average Bonchev–Trinajstić information content (AvgIpc) is 2.16. The molecule has 0 aromatic heterocycles. The van der Waals surface area contributed by atoms with Crippen molar-refractivity contribution in [1.29, 1.82) is 0 Å². The van der Waals surface area contributed by atoms with Crippen molar-refractivity contribution in [2.75, 3.05) is 0 Å². The molecule has 1 rings (SSSR count). The average molecular weight is 220 g/mol. The van der Waals surface area contributed by atoms with Gasteiger partial charge < -0.3 is 0 Å². The largest absolute Gasteiger partial charge is 0.289 e. The molecule has 74 valence electrons. The van der Waals surface area contributed by atoms with E-state index in [4.69, 9.17) is 11.6 Å². The molecule has 1 aromatic rings. The van der Waals surface area contributed by atoms with E-state index in [1.807, 2.05) is 0 Å². The van der Waals surface area contributed by atoms with Gasteiger partial charge in [-0.15, -0.1) is 0 Å². The highest BCUT2D eigenvalue weighted by molar-refractivity contribution is 6.49. The van der Waals surface area contributed by atoms with Crippen LogP contribution in [0.2, 0.25) is 0 Å². The van der Waals surface area contributed by atoms with Crippen molar-refractivity contribution in [3.8, 4) is 0 Å². The van der Waals surface area contributed by atoms with Crippen LogP contribution in [-0.4, -0.2) is 4.92 Å². The van der Waals surface area contributed by atoms with Crippen molar-refractivity contribution in [2.24, 2.45) is 0 Å². The fourth-order valence-corrected chi connectivity index (χ4v) is 1.08. The lowest BCUT2D eigenvalue weighted by atomic mass is 10.2. The monoisotopic (exact) mass is 219 g/mol. The molecule has 0 atom stereocenters. The zero-order chi connectivity index (χ0) is 10.7. The first-order valence-electron chi connectivity index (χ1n) is 3.48. The van der Waals surface area contributed by atoms with Gasteiger partial charge in [0.25, 0.3) is 11.8 Å². The Morgan fingerprint density at radius 2 is 1.93 bits per heavy atom. The molecule has 0 saturated carbocycles. The van der Waals surface area contributed by atoms with E-state index >= 15 is 0 Å². The maximum atomic E-state index is 12.1. The minimum absolute atomic E-state index is 0.279. The topological polar surface area (TPSA) is 43.1 Å². The summed E-state index contributed by atoms with van der Waals surface area (Å²) in [4.78, 5) is 9.66. The Hall–Kier alpha value is -1.49. The lowest BCUT2D eigenvalue weighted by molar-refractivity contribution is -0.385. The Morgan fingerprint density at radius 1 is 1.36 bits per heavy atom. The van der Waals surface area contributed by atoms with Crippen LogP contribution in [0.15, 0.2) is 30.3 Å². The van der Waals surface area contributed by atoms with Crippen LogP contribution in [0.5, 0.6) is 0 Å². The van der Waals surface area contributed by atoms with Crippen LogP contribution < -0.4 is 0 Å². The molecular formula is C8H4ClF2NO2. The molecular weight excluding hydrogens is 216 g/mol. The summed E-state index contributed by atoms with van der Waals surface area (Å²) in [5, 5.41) is 9.54. The second-order valence-corrected chi connectivity index (χ2v) is 2.73. The Kier molecular flexibility index (Phi) is 3.14. The van der Waals surface area contributed by atoms with E-state index < -0.39 is 21.7 Å². The van der Waals surface area contributed by atoms with Crippen molar-refractivity contribution in [3.63, 3.8) is 0 Å². The number of rotatable bonds is 2. The van der Waals surface area contributed by atoms with Crippen molar-refractivity contribution < 1.29 is 13.7 Å². The van der Waals surface area contributed by atoms with Gasteiger partial charge in [-0.05, 0) is 6.07 Å². The van der Waals surface area contributed by atoms with Crippen molar-refractivity contribution in [1.82, 2.24) is 0 Å². The molecule has 0 aliphatic heterocycles. The first-order chi connectivity index (χ1) is 6.54. The van der Waals surface area contributed by atoms with Crippen molar-refractivity contribution >= 4 is 22.3 Å². The van der Waals surface area contributed by atoms with E-state index in [-0.39, 0.29) is 5.56 Å². The number of nitro groups is 1. The van der Waals surface area contributed by atoms with E-state index in [1.165, 1.54) is 18.2 Å². The second kappa shape index (κ2) is 4.15. The number of hydrogen-bond acceptors (Lipinski definition) is 2. The van der Waals surface area contributed by atoms with E-state index in [9.17, 15) is 18.9 Å². The van der Waals surface area contributed by atoms with Crippen LogP contribution in [-0.2, 0) is 0 Å². The van der Waals surface area contributed by atoms with E-state index in [0.717, 1.165) is 6.07 Å². The van der Waals surface area contributed by atoms with Gasteiger partial charge in [0, 0.05) is 6.07 Å². The molecule has 0 heterocycles. The number of hydrogen-bond donors (Lipinski definition) is 0. The highest BCUT2D eigenvalue weighted by atomic mass is 35.5. The van der Waals surface area contributed by atoms with Gasteiger partial charge in [0.2, 0.25) is 0 Å². The summed E-state index contributed by atoms with van der Waals surface area (Å²) in [6, 6.07) is 5.05. The van der Waals surface area contributed by atoms with E-state index in [0.29, 0.717) is 0 Å². The van der Waals surface area contributed by atoms with Gasteiger partial charge in [0.15, 0.2) is 0 Å². The molecule has 0 fully saturated rings. The predicted molar refractivity (Wildman–Crippen MR) is 48.1 cm³/mol. The minimum atomic E-state index is -2.14. The molecule has 0 spiro atoms. The Morgan fingerprint density at radius 3 is 2.43 bits per heavy atom. The third-order valence-corrected chi connectivity index (χ3v) is 1.85. The van der Waals surface area contributed by atoms with E-state index in [2.05, 4.69) is 0 Å². The second-order valence-electron chi connectivity index (χ2n) is 2.35. The smallest absolute Gasteiger partial charge is 0.258 e. The summed E-state index contributed by atoms with van der Waals surface area (Å²) in [5.74, 6) is 0. The molecule has 0 aliphatic rings.